The molecule has 2 saturated heterocycles. The molecule has 0 atom stereocenters. The monoisotopic (exact) mass is 342 g/mol. The maximum absolute atomic E-state index is 12.5. The van der Waals surface area contributed by atoms with E-state index in [4.69, 9.17) is 10.5 Å². The van der Waals surface area contributed by atoms with Gasteiger partial charge in [-0.15, -0.1) is 5.10 Å². The Kier molecular flexibility index (Phi) is 4.29. The SMILES string of the molecule is Nc1cn(-c2ccccc2)nc1NC(=O)N1CCN(C2COC2)CC1. The molecule has 8 heteroatoms. The van der Waals surface area contributed by atoms with Gasteiger partial charge in [0.1, 0.15) is 0 Å². The van der Waals surface area contributed by atoms with E-state index in [1.165, 1.54) is 0 Å². The highest BCUT2D eigenvalue weighted by Gasteiger charge is 2.30. The lowest BCUT2D eigenvalue weighted by Gasteiger charge is -2.42. The van der Waals surface area contributed by atoms with Crippen LogP contribution in [0.5, 0.6) is 0 Å². The van der Waals surface area contributed by atoms with Crippen molar-refractivity contribution in [2.75, 3.05) is 50.4 Å². The van der Waals surface area contributed by atoms with E-state index in [0.717, 1.165) is 32.0 Å². The molecule has 132 valence electrons. The Morgan fingerprint density at radius 1 is 1.16 bits per heavy atom. The molecule has 2 amide bonds. The van der Waals surface area contributed by atoms with Crippen molar-refractivity contribution in [3.63, 3.8) is 0 Å². The second-order valence-electron chi connectivity index (χ2n) is 6.36. The number of nitrogens with two attached hydrogens (primary N) is 1. The van der Waals surface area contributed by atoms with Gasteiger partial charge < -0.3 is 15.4 Å². The maximum Gasteiger partial charge on any atom is 0.323 e. The summed E-state index contributed by atoms with van der Waals surface area (Å²) in [6.45, 7) is 4.74. The first-order valence-corrected chi connectivity index (χ1v) is 8.49. The first-order valence-electron chi connectivity index (χ1n) is 8.49. The number of aromatic nitrogens is 2. The second-order valence-corrected chi connectivity index (χ2v) is 6.36. The van der Waals surface area contributed by atoms with Crippen molar-refractivity contribution in [3.05, 3.63) is 36.5 Å². The summed E-state index contributed by atoms with van der Waals surface area (Å²) in [6, 6.07) is 10.0. The minimum Gasteiger partial charge on any atom is -0.394 e. The Bertz CT molecular complexity index is 735. The summed E-state index contributed by atoms with van der Waals surface area (Å²) in [6.07, 6.45) is 1.71. The third kappa shape index (κ3) is 3.31. The third-order valence-corrected chi connectivity index (χ3v) is 4.73. The van der Waals surface area contributed by atoms with Crippen molar-refractivity contribution in [1.82, 2.24) is 19.6 Å². The number of hydrogen-bond acceptors (Lipinski definition) is 5. The smallest absolute Gasteiger partial charge is 0.323 e. The lowest BCUT2D eigenvalue weighted by Crippen LogP contribution is -2.57. The largest absolute Gasteiger partial charge is 0.394 e. The molecular formula is C17H22N6O2. The molecule has 0 spiro atoms. The highest BCUT2D eigenvalue weighted by atomic mass is 16.5. The number of nitrogens with one attached hydrogen (secondary N) is 1. The zero-order valence-corrected chi connectivity index (χ0v) is 14.0. The molecule has 25 heavy (non-hydrogen) atoms. The number of anilines is 2. The van der Waals surface area contributed by atoms with Crippen LogP contribution < -0.4 is 11.1 Å². The van der Waals surface area contributed by atoms with Crippen molar-refractivity contribution in [2.24, 2.45) is 0 Å². The summed E-state index contributed by atoms with van der Waals surface area (Å²) in [5, 5.41) is 7.22. The fourth-order valence-corrected chi connectivity index (χ4v) is 3.10. The van der Waals surface area contributed by atoms with Crippen LogP contribution in [0.4, 0.5) is 16.3 Å². The molecule has 2 aliphatic heterocycles. The number of para-hydroxylation sites is 1. The summed E-state index contributed by atoms with van der Waals surface area (Å²) in [5.41, 5.74) is 7.35. The Balaban J connectivity index is 1.37. The molecule has 1 aromatic carbocycles. The van der Waals surface area contributed by atoms with Crippen molar-refractivity contribution >= 4 is 17.5 Å². The number of nitrogen functional groups attached to an aromatic ring is 1. The average Bonchev–Trinajstić information content (AvgIpc) is 2.95. The van der Waals surface area contributed by atoms with Crippen molar-refractivity contribution in [3.8, 4) is 5.69 Å². The molecule has 4 rings (SSSR count). The number of nitrogens with zero attached hydrogens (tertiary/aromatic N) is 4. The predicted octanol–water partition coefficient (Wildman–Crippen LogP) is 1.00. The number of hydrogen-bond donors (Lipinski definition) is 2. The molecule has 2 aromatic rings. The Hall–Kier alpha value is -2.58. The number of ether oxygens (including phenoxy) is 1. The molecule has 3 N–H and O–H groups in total. The predicted molar refractivity (Wildman–Crippen MR) is 94.7 cm³/mol. The van der Waals surface area contributed by atoms with E-state index in [1.54, 1.807) is 15.8 Å². The highest BCUT2D eigenvalue weighted by molar-refractivity contribution is 5.91. The van der Waals surface area contributed by atoms with Gasteiger partial charge in [-0.3, -0.25) is 10.2 Å². The first-order chi connectivity index (χ1) is 12.2. The number of rotatable bonds is 3. The number of amides is 2. The third-order valence-electron chi connectivity index (χ3n) is 4.73. The van der Waals surface area contributed by atoms with Gasteiger partial charge in [0.2, 0.25) is 0 Å². The molecule has 8 nitrogen and oxygen atoms in total. The fourth-order valence-electron chi connectivity index (χ4n) is 3.10. The molecule has 0 radical (unpaired) electrons. The van der Waals surface area contributed by atoms with E-state index in [-0.39, 0.29) is 6.03 Å². The van der Waals surface area contributed by atoms with Gasteiger partial charge >= 0.3 is 6.03 Å². The highest BCUT2D eigenvalue weighted by Crippen LogP contribution is 2.20. The Morgan fingerprint density at radius 2 is 1.88 bits per heavy atom. The normalized spacial score (nSPS) is 18.8. The molecule has 0 saturated carbocycles. The van der Waals surface area contributed by atoms with E-state index in [2.05, 4.69) is 15.3 Å². The van der Waals surface area contributed by atoms with Gasteiger partial charge in [-0.1, -0.05) is 18.2 Å². The van der Waals surface area contributed by atoms with Gasteiger partial charge in [0.15, 0.2) is 5.82 Å². The van der Waals surface area contributed by atoms with E-state index in [9.17, 15) is 4.79 Å². The molecule has 2 aliphatic rings. The van der Waals surface area contributed by atoms with Gasteiger partial charge in [0, 0.05) is 26.2 Å². The zero-order valence-electron chi connectivity index (χ0n) is 14.0. The topological polar surface area (TPSA) is 88.6 Å². The number of benzene rings is 1. The van der Waals surface area contributed by atoms with E-state index in [1.807, 2.05) is 30.3 Å². The molecule has 1 aromatic heterocycles. The minimum atomic E-state index is -0.158. The van der Waals surface area contributed by atoms with Crippen LogP contribution in [0.15, 0.2) is 36.5 Å². The quantitative estimate of drug-likeness (QED) is 0.869. The zero-order chi connectivity index (χ0) is 17.2. The average molecular weight is 342 g/mol. The molecule has 3 heterocycles. The lowest BCUT2D eigenvalue weighted by molar-refractivity contribution is -0.0737. The maximum atomic E-state index is 12.5. The van der Waals surface area contributed by atoms with Crippen molar-refractivity contribution in [2.45, 2.75) is 6.04 Å². The minimum absolute atomic E-state index is 0.158. The van der Waals surface area contributed by atoms with E-state index in [0.29, 0.717) is 30.6 Å². The van der Waals surface area contributed by atoms with Gasteiger partial charge in [-0.2, -0.15) is 0 Å². The van der Waals surface area contributed by atoms with Crippen LogP contribution in [0.2, 0.25) is 0 Å². The Labute approximate surface area is 146 Å². The van der Waals surface area contributed by atoms with Crippen LogP contribution in [-0.2, 0) is 4.74 Å². The van der Waals surface area contributed by atoms with Crippen LogP contribution in [0.1, 0.15) is 0 Å². The van der Waals surface area contributed by atoms with E-state index < -0.39 is 0 Å². The molecule has 0 bridgehead atoms. The number of carbonyl (C=O) groups excluding carboxylic acids is 1. The summed E-state index contributed by atoms with van der Waals surface area (Å²) in [7, 11) is 0. The summed E-state index contributed by atoms with van der Waals surface area (Å²) >= 11 is 0. The number of piperazine rings is 1. The standard InChI is InChI=1S/C17H22N6O2/c18-15-10-23(13-4-2-1-3-5-13)20-16(15)19-17(24)22-8-6-21(7-9-22)14-11-25-12-14/h1-5,10,14H,6-9,11-12,18H2,(H,19,20,24). The fraction of sp³-hybridized carbons (Fsp3) is 0.412. The van der Waals surface area contributed by atoms with Crippen molar-refractivity contribution in [1.29, 1.82) is 0 Å². The van der Waals surface area contributed by atoms with Gasteiger partial charge in [-0.25, -0.2) is 9.48 Å². The molecule has 0 unspecified atom stereocenters. The molecular weight excluding hydrogens is 320 g/mol. The van der Waals surface area contributed by atoms with Crippen LogP contribution in [0.3, 0.4) is 0 Å². The number of carbonyl (C=O) groups is 1. The first kappa shape index (κ1) is 15.9. The van der Waals surface area contributed by atoms with Crippen LogP contribution in [0, 0.1) is 0 Å². The summed E-state index contributed by atoms with van der Waals surface area (Å²) in [4.78, 5) is 16.7. The summed E-state index contributed by atoms with van der Waals surface area (Å²) < 4.78 is 6.90. The van der Waals surface area contributed by atoms with Crippen LogP contribution in [-0.4, -0.2) is 71.0 Å². The molecule has 2 fully saturated rings. The second kappa shape index (κ2) is 6.73. The Morgan fingerprint density at radius 3 is 2.52 bits per heavy atom. The van der Waals surface area contributed by atoms with E-state index >= 15 is 0 Å². The van der Waals surface area contributed by atoms with Crippen LogP contribution >= 0.6 is 0 Å². The molecule has 0 aliphatic carbocycles. The van der Waals surface area contributed by atoms with Gasteiger partial charge in [-0.05, 0) is 12.1 Å². The summed E-state index contributed by atoms with van der Waals surface area (Å²) in [5.74, 6) is 0.392. The van der Waals surface area contributed by atoms with Crippen molar-refractivity contribution < 1.29 is 9.53 Å². The van der Waals surface area contributed by atoms with Crippen LogP contribution in [0.25, 0.3) is 5.69 Å². The van der Waals surface area contributed by atoms with Gasteiger partial charge in [0.05, 0.1) is 36.8 Å². The number of urea groups is 1. The lowest BCUT2D eigenvalue weighted by atomic mass is 10.2. The van der Waals surface area contributed by atoms with Gasteiger partial charge in [0.25, 0.3) is 0 Å².